The monoisotopic (exact) mass is 268 g/mol. The first-order chi connectivity index (χ1) is 8.81. The van der Waals surface area contributed by atoms with Crippen molar-refractivity contribution in [3.8, 4) is 0 Å². The molecule has 1 fully saturated rings. The number of carbonyl (C=O) groups is 2. The molecule has 0 bridgehead atoms. The predicted molar refractivity (Wildman–Crippen MR) is 76.7 cm³/mol. The molecule has 1 atom stereocenters. The molecule has 0 saturated carbocycles. The summed E-state index contributed by atoms with van der Waals surface area (Å²) >= 11 is 0. The van der Waals surface area contributed by atoms with E-state index in [1.54, 1.807) is 0 Å². The predicted octanol–water partition coefficient (Wildman–Crippen LogP) is 2.14. The van der Waals surface area contributed by atoms with Gasteiger partial charge in [-0.15, -0.1) is 0 Å². The molecule has 0 unspecified atom stereocenters. The van der Waals surface area contributed by atoms with Gasteiger partial charge in [-0.1, -0.05) is 20.8 Å². The Hall–Kier alpha value is -1.06. The van der Waals surface area contributed by atoms with Crippen molar-refractivity contribution in [2.75, 3.05) is 26.2 Å². The minimum atomic E-state index is -0.361. The summed E-state index contributed by atoms with van der Waals surface area (Å²) in [5.74, 6) is 0.348. The van der Waals surface area contributed by atoms with Crippen molar-refractivity contribution in [1.29, 1.82) is 0 Å². The molecule has 4 heteroatoms. The summed E-state index contributed by atoms with van der Waals surface area (Å²) in [6, 6.07) is 0. The highest BCUT2D eigenvalue weighted by Gasteiger charge is 2.34. The first-order valence-corrected chi connectivity index (χ1v) is 7.39. The van der Waals surface area contributed by atoms with Crippen LogP contribution in [0.15, 0.2) is 0 Å². The average Bonchev–Trinajstić information content (AvgIpc) is 2.38. The minimum absolute atomic E-state index is 0.0139. The molecule has 1 aliphatic heterocycles. The van der Waals surface area contributed by atoms with Crippen molar-refractivity contribution in [3.05, 3.63) is 0 Å². The van der Waals surface area contributed by atoms with Gasteiger partial charge in [0.15, 0.2) is 0 Å². The zero-order valence-electron chi connectivity index (χ0n) is 13.0. The van der Waals surface area contributed by atoms with Gasteiger partial charge >= 0.3 is 0 Å². The van der Waals surface area contributed by atoms with Gasteiger partial charge in [-0.3, -0.25) is 9.59 Å². The largest absolute Gasteiger partial charge is 0.343 e. The van der Waals surface area contributed by atoms with Crippen LogP contribution in [0.2, 0.25) is 0 Å². The number of likely N-dealkylation sites (tertiary alicyclic amines) is 1. The molecule has 4 nitrogen and oxygen atoms in total. The zero-order valence-corrected chi connectivity index (χ0v) is 13.0. The van der Waals surface area contributed by atoms with Crippen LogP contribution in [0.1, 0.15) is 47.5 Å². The van der Waals surface area contributed by atoms with Gasteiger partial charge in [-0.2, -0.15) is 0 Å². The van der Waals surface area contributed by atoms with Crippen LogP contribution in [-0.2, 0) is 9.59 Å². The number of carbonyl (C=O) groups excluding carboxylic acids is 2. The molecule has 1 saturated heterocycles. The fourth-order valence-electron chi connectivity index (χ4n) is 2.63. The number of rotatable bonds is 3. The van der Waals surface area contributed by atoms with Gasteiger partial charge in [-0.05, 0) is 26.7 Å². The number of hydrogen-bond donors (Lipinski definition) is 0. The summed E-state index contributed by atoms with van der Waals surface area (Å²) in [6.07, 6.45) is 1.84. The lowest BCUT2D eigenvalue weighted by Gasteiger charge is -2.37. The van der Waals surface area contributed by atoms with Crippen LogP contribution in [0.25, 0.3) is 0 Å². The molecular formula is C15H28N2O2. The van der Waals surface area contributed by atoms with E-state index in [-0.39, 0.29) is 23.1 Å². The number of amides is 2. The molecule has 0 aromatic rings. The van der Waals surface area contributed by atoms with E-state index < -0.39 is 0 Å². The molecule has 1 aliphatic rings. The van der Waals surface area contributed by atoms with Crippen molar-refractivity contribution in [1.82, 2.24) is 9.80 Å². The van der Waals surface area contributed by atoms with Crippen LogP contribution in [0.3, 0.4) is 0 Å². The van der Waals surface area contributed by atoms with E-state index in [1.807, 2.05) is 44.4 Å². The Kier molecular flexibility index (Phi) is 5.39. The highest BCUT2D eigenvalue weighted by Crippen LogP contribution is 2.24. The van der Waals surface area contributed by atoms with Crippen LogP contribution in [0.5, 0.6) is 0 Å². The number of nitrogens with zero attached hydrogens (tertiary/aromatic N) is 2. The quantitative estimate of drug-likeness (QED) is 0.787. The molecule has 0 spiro atoms. The molecule has 19 heavy (non-hydrogen) atoms. The van der Waals surface area contributed by atoms with E-state index in [2.05, 4.69) is 0 Å². The summed E-state index contributed by atoms with van der Waals surface area (Å²) in [7, 11) is 0. The van der Waals surface area contributed by atoms with Gasteiger partial charge in [0.2, 0.25) is 11.8 Å². The highest BCUT2D eigenvalue weighted by atomic mass is 16.2. The van der Waals surface area contributed by atoms with Crippen LogP contribution in [0.4, 0.5) is 0 Å². The summed E-state index contributed by atoms with van der Waals surface area (Å²) in [6.45, 7) is 12.7. The van der Waals surface area contributed by atoms with Crippen LogP contribution >= 0.6 is 0 Å². The van der Waals surface area contributed by atoms with Gasteiger partial charge in [0.25, 0.3) is 0 Å². The molecule has 0 aliphatic carbocycles. The van der Waals surface area contributed by atoms with Gasteiger partial charge < -0.3 is 9.80 Å². The number of piperidine rings is 1. The minimum Gasteiger partial charge on any atom is -0.343 e. The van der Waals surface area contributed by atoms with E-state index in [0.29, 0.717) is 6.54 Å². The van der Waals surface area contributed by atoms with E-state index in [0.717, 1.165) is 32.5 Å². The normalized spacial score (nSPS) is 20.3. The van der Waals surface area contributed by atoms with E-state index in [1.165, 1.54) is 0 Å². The second kappa shape index (κ2) is 6.40. The standard InChI is InChI=1S/C15H28N2O2/c1-6-16(7-2)13(18)12-9-8-10-17(11-12)14(19)15(3,4)5/h12H,6-11H2,1-5H3/t12-/m0/s1. The highest BCUT2D eigenvalue weighted by molar-refractivity contribution is 5.84. The van der Waals surface area contributed by atoms with Crippen LogP contribution in [-0.4, -0.2) is 47.8 Å². The molecular weight excluding hydrogens is 240 g/mol. The molecule has 0 aromatic heterocycles. The Labute approximate surface area is 117 Å². The molecule has 1 rings (SSSR count). The fourth-order valence-corrected chi connectivity index (χ4v) is 2.63. The van der Waals surface area contributed by atoms with Crippen LogP contribution < -0.4 is 0 Å². The first kappa shape index (κ1) is 16.0. The Morgan fingerprint density at radius 1 is 1.21 bits per heavy atom. The van der Waals surface area contributed by atoms with Gasteiger partial charge in [0.1, 0.15) is 0 Å². The third kappa shape index (κ3) is 3.95. The van der Waals surface area contributed by atoms with Crippen LogP contribution in [0, 0.1) is 11.3 Å². The maximum Gasteiger partial charge on any atom is 0.227 e. The van der Waals surface area contributed by atoms with E-state index in [9.17, 15) is 9.59 Å². The topological polar surface area (TPSA) is 40.6 Å². The molecule has 1 heterocycles. The molecule has 2 amide bonds. The summed E-state index contributed by atoms with van der Waals surface area (Å²) < 4.78 is 0. The Balaban J connectivity index is 2.69. The third-order valence-corrected chi connectivity index (χ3v) is 3.77. The Morgan fingerprint density at radius 3 is 2.26 bits per heavy atom. The van der Waals surface area contributed by atoms with Gasteiger partial charge in [0.05, 0.1) is 5.92 Å². The van der Waals surface area contributed by atoms with Crippen molar-refractivity contribution in [2.24, 2.45) is 11.3 Å². The van der Waals surface area contributed by atoms with Crippen molar-refractivity contribution in [3.63, 3.8) is 0 Å². The fraction of sp³-hybridized carbons (Fsp3) is 0.867. The summed E-state index contributed by atoms with van der Waals surface area (Å²) in [5, 5.41) is 0. The summed E-state index contributed by atoms with van der Waals surface area (Å²) in [4.78, 5) is 28.4. The van der Waals surface area contributed by atoms with Crippen molar-refractivity contribution >= 4 is 11.8 Å². The maximum atomic E-state index is 12.4. The van der Waals surface area contributed by atoms with E-state index >= 15 is 0 Å². The Morgan fingerprint density at radius 2 is 1.79 bits per heavy atom. The van der Waals surface area contributed by atoms with E-state index in [4.69, 9.17) is 0 Å². The maximum absolute atomic E-state index is 12.4. The third-order valence-electron chi connectivity index (χ3n) is 3.77. The summed E-state index contributed by atoms with van der Waals surface area (Å²) in [5.41, 5.74) is -0.361. The smallest absolute Gasteiger partial charge is 0.227 e. The second-order valence-corrected chi connectivity index (χ2v) is 6.35. The lowest BCUT2D eigenvalue weighted by Crippen LogP contribution is -2.49. The average molecular weight is 268 g/mol. The van der Waals surface area contributed by atoms with Crippen molar-refractivity contribution < 1.29 is 9.59 Å². The van der Waals surface area contributed by atoms with Crippen molar-refractivity contribution in [2.45, 2.75) is 47.5 Å². The SMILES string of the molecule is CCN(CC)C(=O)[C@H]1CCCN(C(=O)C(C)(C)C)C1. The van der Waals surface area contributed by atoms with Gasteiger partial charge in [0, 0.05) is 31.6 Å². The number of hydrogen-bond acceptors (Lipinski definition) is 2. The van der Waals surface area contributed by atoms with Gasteiger partial charge in [-0.25, -0.2) is 0 Å². The first-order valence-electron chi connectivity index (χ1n) is 7.39. The molecule has 0 N–H and O–H groups in total. The zero-order chi connectivity index (χ0) is 14.6. The second-order valence-electron chi connectivity index (χ2n) is 6.35. The molecule has 0 aromatic carbocycles. The molecule has 110 valence electrons. The lowest BCUT2D eigenvalue weighted by molar-refractivity contribution is -0.145. The lowest BCUT2D eigenvalue weighted by atomic mass is 9.90. The Bertz CT molecular complexity index is 330. The molecule has 0 radical (unpaired) electrons.